The Balaban J connectivity index is 1.53. The lowest BCUT2D eigenvalue weighted by Gasteiger charge is -2.23. The van der Waals surface area contributed by atoms with E-state index in [0.29, 0.717) is 11.0 Å². The van der Waals surface area contributed by atoms with Crippen LogP contribution in [0.5, 0.6) is 0 Å². The van der Waals surface area contributed by atoms with Gasteiger partial charge in [0.05, 0.1) is 26.3 Å². The molecule has 2 rings (SSSR count). The molecule has 6 heteroatoms. The molecule has 0 aromatic heterocycles. The Labute approximate surface area is 126 Å². The molecule has 0 spiro atoms. The first-order valence-corrected chi connectivity index (χ1v) is 7.89. The number of hydrazone groups is 1. The number of ether oxygens (including phenoxy) is 1. The molecule has 1 aliphatic carbocycles. The van der Waals surface area contributed by atoms with E-state index in [1.807, 2.05) is 6.21 Å². The van der Waals surface area contributed by atoms with Gasteiger partial charge in [0.25, 0.3) is 0 Å². The predicted octanol–water partition coefficient (Wildman–Crippen LogP) is -0.292. The van der Waals surface area contributed by atoms with Gasteiger partial charge in [-0.15, -0.1) is 0 Å². The predicted molar refractivity (Wildman–Crippen MR) is 85.1 cm³/mol. The van der Waals surface area contributed by atoms with Gasteiger partial charge in [0.1, 0.15) is 13.1 Å². The second-order valence-electron chi connectivity index (χ2n) is 5.30. The number of hydrogen-bond donors (Lipinski definition) is 3. The molecule has 1 fully saturated rings. The highest BCUT2D eigenvalue weighted by atomic mass is 32.1. The maximum Gasteiger partial charge on any atom is 0.187 e. The monoisotopic (exact) mass is 297 g/mol. The largest absolute Gasteiger partial charge is 0.370 e. The van der Waals surface area contributed by atoms with E-state index < -0.39 is 0 Å². The highest BCUT2D eigenvalue weighted by molar-refractivity contribution is 7.80. The first-order valence-electron chi connectivity index (χ1n) is 7.48. The summed E-state index contributed by atoms with van der Waals surface area (Å²) in [7, 11) is 0. The molecule has 1 saturated heterocycles. The molecule has 0 radical (unpaired) electrons. The number of morpholine rings is 1. The average molecular weight is 297 g/mol. The molecule has 112 valence electrons. The van der Waals surface area contributed by atoms with E-state index in [2.05, 4.69) is 28.0 Å². The Hall–Kier alpha value is -0.980. The number of nitrogens with one attached hydrogen (secondary N) is 3. The van der Waals surface area contributed by atoms with Crippen molar-refractivity contribution < 1.29 is 9.64 Å². The lowest BCUT2D eigenvalue weighted by molar-refractivity contribution is -0.906. The Bertz CT molecular complexity index is 353. The Kier molecular flexibility index (Phi) is 6.97. The van der Waals surface area contributed by atoms with Crippen LogP contribution in [0.1, 0.15) is 19.3 Å². The lowest BCUT2D eigenvalue weighted by Crippen LogP contribution is -3.14. The van der Waals surface area contributed by atoms with E-state index in [0.717, 1.165) is 52.2 Å². The van der Waals surface area contributed by atoms with Crippen molar-refractivity contribution in [3.63, 3.8) is 0 Å². The zero-order valence-electron chi connectivity index (χ0n) is 11.9. The quantitative estimate of drug-likeness (QED) is 0.282. The molecular formula is C14H25N4OS+. The van der Waals surface area contributed by atoms with Crippen LogP contribution in [0.15, 0.2) is 17.3 Å². The molecule has 2 aliphatic rings. The Morgan fingerprint density at radius 1 is 1.40 bits per heavy atom. The van der Waals surface area contributed by atoms with Gasteiger partial charge in [0.2, 0.25) is 0 Å². The summed E-state index contributed by atoms with van der Waals surface area (Å²) >= 11 is 5.20. The van der Waals surface area contributed by atoms with Crippen molar-refractivity contribution in [1.82, 2.24) is 10.7 Å². The van der Waals surface area contributed by atoms with Crippen molar-refractivity contribution in [1.29, 1.82) is 0 Å². The highest BCUT2D eigenvalue weighted by Gasteiger charge is 2.12. The molecule has 0 aromatic rings. The van der Waals surface area contributed by atoms with E-state index in [1.165, 1.54) is 6.42 Å². The molecule has 1 heterocycles. The Morgan fingerprint density at radius 3 is 3.00 bits per heavy atom. The number of hydrogen-bond acceptors (Lipinski definition) is 3. The fourth-order valence-electron chi connectivity index (χ4n) is 2.46. The third kappa shape index (κ3) is 5.98. The van der Waals surface area contributed by atoms with Gasteiger partial charge in [-0.25, -0.2) is 0 Å². The first kappa shape index (κ1) is 15.4. The molecule has 5 nitrogen and oxygen atoms in total. The zero-order chi connectivity index (χ0) is 14.0. The van der Waals surface area contributed by atoms with Crippen LogP contribution in [-0.4, -0.2) is 50.7 Å². The van der Waals surface area contributed by atoms with Gasteiger partial charge in [-0.05, 0) is 37.4 Å². The van der Waals surface area contributed by atoms with Crippen LogP contribution < -0.4 is 15.6 Å². The minimum absolute atomic E-state index is 0.549. The second kappa shape index (κ2) is 9.05. The van der Waals surface area contributed by atoms with Crippen LogP contribution in [0.4, 0.5) is 0 Å². The minimum atomic E-state index is 0.549. The number of nitrogens with zero attached hydrogens (tertiary/aromatic N) is 1. The lowest BCUT2D eigenvalue weighted by atomic mass is 9.96. The third-order valence-electron chi connectivity index (χ3n) is 3.73. The zero-order valence-corrected chi connectivity index (χ0v) is 12.8. The number of quaternary nitrogens is 1. The summed E-state index contributed by atoms with van der Waals surface area (Å²) < 4.78 is 5.33. The van der Waals surface area contributed by atoms with Crippen LogP contribution in [0.3, 0.4) is 0 Å². The van der Waals surface area contributed by atoms with Gasteiger partial charge in [0.15, 0.2) is 5.11 Å². The summed E-state index contributed by atoms with van der Waals surface area (Å²) in [5.74, 6) is 0.549. The van der Waals surface area contributed by atoms with E-state index >= 15 is 0 Å². The molecule has 0 amide bonds. The van der Waals surface area contributed by atoms with Gasteiger partial charge >= 0.3 is 0 Å². The number of thiocarbonyl (C=S) groups is 1. The summed E-state index contributed by atoms with van der Waals surface area (Å²) in [5.41, 5.74) is 2.90. The standard InChI is InChI=1S/C14H24N4OS/c20-14(15-6-7-18-8-10-19-11-9-18)17-16-12-13-4-2-1-3-5-13/h1-2,12-13H,3-11H2,(H2,15,17,20)/p+1/b16-12-/t13-/m1/s1. The molecule has 20 heavy (non-hydrogen) atoms. The van der Waals surface area contributed by atoms with Crippen LogP contribution in [-0.2, 0) is 4.74 Å². The molecule has 0 bridgehead atoms. The van der Waals surface area contributed by atoms with Gasteiger partial charge in [-0.2, -0.15) is 5.10 Å². The van der Waals surface area contributed by atoms with Crippen molar-refractivity contribution in [2.45, 2.75) is 19.3 Å². The maximum atomic E-state index is 5.33. The van der Waals surface area contributed by atoms with Gasteiger partial charge < -0.3 is 15.0 Å². The minimum Gasteiger partial charge on any atom is -0.370 e. The fourth-order valence-corrected chi connectivity index (χ4v) is 2.61. The molecule has 1 atom stereocenters. The average Bonchev–Trinajstić information content (AvgIpc) is 2.49. The highest BCUT2D eigenvalue weighted by Crippen LogP contribution is 2.15. The van der Waals surface area contributed by atoms with E-state index in [9.17, 15) is 0 Å². The summed E-state index contributed by atoms with van der Waals surface area (Å²) in [6.45, 7) is 5.88. The first-order chi connectivity index (χ1) is 9.84. The van der Waals surface area contributed by atoms with E-state index in [-0.39, 0.29) is 0 Å². The molecule has 3 N–H and O–H groups in total. The smallest absolute Gasteiger partial charge is 0.187 e. The molecular weight excluding hydrogens is 272 g/mol. The molecule has 0 saturated carbocycles. The maximum absolute atomic E-state index is 5.33. The SMILES string of the molecule is S=C(NCC[NH+]1CCOCC1)N/N=C\[C@@H]1CC=CCC1. The normalized spacial score (nSPS) is 23.9. The van der Waals surface area contributed by atoms with Crippen molar-refractivity contribution in [2.24, 2.45) is 11.0 Å². The number of rotatable bonds is 5. The topological polar surface area (TPSA) is 50.1 Å². The van der Waals surface area contributed by atoms with Gasteiger partial charge in [0, 0.05) is 6.21 Å². The van der Waals surface area contributed by atoms with Crippen LogP contribution in [0, 0.1) is 5.92 Å². The Morgan fingerprint density at radius 2 is 2.25 bits per heavy atom. The fraction of sp³-hybridized carbons (Fsp3) is 0.714. The van der Waals surface area contributed by atoms with Crippen molar-refractivity contribution in [2.75, 3.05) is 39.4 Å². The van der Waals surface area contributed by atoms with Crippen LogP contribution in [0.25, 0.3) is 0 Å². The molecule has 0 aromatic carbocycles. The van der Waals surface area contributed by atoms with Crippen molar-refractivity contribution >= 4 is 23.5 Å². The van der Waals surface area contributed by atoms with Gasteiger partial charge in [-0.3, -0.25) is 5.43 Å². The second-order valence-corrected chi connectivity index (χ2v) is 5.71. The summed E-state index contributed by atoms with van der Waals surface area (Å²) in [6.07, 6.45) is 9.86. The summed E-state index contributed by atoms with van der Waals surface area (Å²) in [4.78, 5) is 1.57. The van der Waals surface area contributed by atoms with E-state index in [1.54, 1.807) is 4.90 Å². The summed E-state index contributed by atoms with van der Waals surface area (Å²) in [5, 5.41) is 8.03. The van der Waals surface area contributed by atoms with Crippen molar-refractivity contribution in [3.05, 3.63) is 12.2 Å². The van der Waals surface area contributed by atoms with Gasteiger partial charge in [-0.1, -0.05) is 12.2 Å². The third-order valence-corrected chi connectivity index (χ3v) is 3.96. The number of allylic oxidation sites excluding steroid dienone is 2. The molecule has 0 unspecified atom stereocenters. The van der Waals surface area contributed by atoms with Crippen LogP contribution in [0.2, 0.25) is 0 Å². The van der Waals surface area contributed by atoms with Crippen LogP contribution >= 0.6 is 12.2 Å². The summed E-state index contributed by atoms with van der Waals surface area (Å²) in [6, 6.07) is 0. The molecule has 1 aliphatic heterocycles. The van der Waals surface area contributed by atoms with Crippen molar-refractivity contribution in [3.8, 4) is 0 Å². The van der Waals surface area contributed by atoms with E-state index in [4.69, 9.17) is 17.0 Å².